The molecule has 7 heavy (non-hydrogen) atoms. The van der Waals surface area contributed by atoms with Gasteiger partial charge in [-0.3, -0.25) is 0 Å². The zero-order valence-corrected chi connectivity index (χ0v) is 4.40. The van der Waals surface area contributed by atoms with Gasteiger partial charge in [0, 0.05) is 6.21 Å². The fraction of sp³-hybridized carbons (Fsp3) is 0.500. The van der Waals surface area contributed by atoms with Crippen molar-refractivity contribution < 1.29 is 8.42 Å². The van der Waals surface area contributed by atoms with Crippen LogP contribution in [0.1, 0.15) is 0 Å². The lowest BCUT2D eigenvalue weighted by atomic mass is 10.9. The van der Waals surface area contributed by atoms with E-state index < -0.39 is 10.0 Å². The Morgan fingerprint density at radius 1 is 1.71 bits per heavy atom. The normalized spacial score (nSPS) is 11.0. The van der Waals surface area contributed by atoms with Gasteiger partial charge in [0.1, 0.15) is 0 Å². The van der Waals surface area contributed by atoms with Crippen LogP contribution in [0.4, 0.5) is 0 Å². The van der Waals surface area contributed by atoms with E-state index in [0.717, 1.165) is 6.21 Å². The number of hydrogen-bond acceptors (Lipinski definition) is 3. The first-order valence-electron chi connectivity index (χ1n) is 1.55. The molecule has 0 fully saturated rings. The molecule has 0 radical (unpaired) electrons. The molecule has 0 aliphatic rings. The molecule has 0 aliphatic heterocycles. The molecule has 0 aromatic heterocycles. The molecule has 0 atom stereocenters. The van der Waals surface area contributed by atoms with Gasteiger partial charge in [0.25, 0.3) is 0 Å². The van der Waals surface area contributed by atoms with Crippen molar-refractivity contribution in [1.29, 1.82) is 5.41 Å². The van der Waals surface area contributed by atoms with E-state index in [2.05, 4.69) is 5.14 Å². The van der Waals surface area contributed by atoms with E-state index in [0.29, 0.717) is 0 Å². The molecule has 0 aliphatic carbocycles. The summed E-state index contributed by atoms with van der Waals surface area (Å²) in [4.78, 5) is 0. The van der Waals surface area contributed by atoms with Gasteiger partial charge < -0.3 is 5.41 Å². The van der Waals surface area contributed by atoms with E-state index in [9.17, 15) is 8.42 Å². The summed E-state index contributed by atoms with van der Waals surface area (Å²) in [6, 6.07) is 0. The van der Waals surface area contributed by atoms with Crippen LogP contribution in [-0.2, 0) is 10.0 Å². The molecular weight excluding hydrogens is 116 g/mol. The summed E-state index contributed by atoms with van der Waals surface area (Å²) in [6.07, 6.45) is 0.745. The fourth-order valence-corrected chi connectivity index (χ4v) is 0.348. The van der Waals surface area contributed by atoms with Crippen molar-refractivity contribution in [3.05, 3.63) is 0 Å². The van der Waals surface area contributed by atoms with E-state index in [-0.39, 0.29) is 5.75 Å². The van der Waals surface area contributed by atoms with Crippen molar-refractivity contribution in [3.63, 3.8) is 0 Å². The summed E-state index contributed by atoms with van der Waals surface area (Å²) in [5.41, 5.74) is 0. The lowest BCUT2D eigenvalue weighted by molar-refractivity contribution is 0.601. The third kappa shape index (κ3) is 5.58. The Morgan fingerprint density at radius 2 is 2.14 bits per heavy atom. The van der Waals surface area contributed by atoms with Crippen molar-refractivity contribution in [1.82, 2.24) is 0 Å². The molecular formula is C2H6N2O2S. The molecule has 0 aromatic rings. The fourth-order valence-electron chi connectivity index (χ4n) is 0.116. The highest BCUT2D eigenvalue weighted by molar-refractivity contribution is 7.89. The van der Waals surface area contributed by atoms with Crippen molar-refractivity contribution >= 4 is 16.2 Å². The van der Waals surface area contributed by atoms with E-state index in [4.69, 9.17) is 5.41 Å². The van der Waals surface area contributed by atoms with E-state index in [1.54, 1.807) is 0 Å². The quantitative estimate of drug-likeness (QED) is 0.457. The van der Waals surface area contributed by atoms with Crippen LogP contribution in [0.2, 0.25) is 0 Å². The SMILES string of the molecule is N=CCS(N)(=O)=O. The van der Waals surface area contributed by atoms with Gasteiger partial charge in [0.05, 0.1) is 5.75 Å². The molecule has 5 heteroatoms. The van der Waals surface area contributed by atoms with Crippen LogP contribution in [0.3, 0.4) is 0 Å². The number of sulfonamides is 1. The summed E-state index contributed by atoms with van der Waals surface area (Å²) in [5.74, 6) is -0.368. The summed E-state index contributed by atoms with van der Waals surface area (Å²) in [6.45, 7) is 0. The average molecular weight is 122 g/mol. The second kappa shape index (κ2) is 2.04. The first kappa shape index (κ1) is 6.58. The molecule has 0 amide bonds. The van der Waals surface area contributed by atoms with Crippen LogP contribution < -0.4 is 5.14 Å². The number of nitrogens with two attached hydrogens (primary N) is 1. The Kier molecular flexibility index (Phi) is 1.91. The van der Waals surface area contributed by atoms with Crippen LogP contribution in [-0.4, -0.2) is 20.4 Å². The molecule has 0 spiro atoms. The second-order valence-corrected chi connectivity index (χ2v) is 2.69. The lowest BCUT2D eigenvalue weighted by Gasteiger charge is -1.82. The first-order chi connectivity index (χ1) is 3.06. The van der Waals surface area contributed by atoms with Crippen LogP contribution in [0.25, 0.3) is 0 Å². The third-order valence-corrected chi connectivity index (χ3v) is 0.947. The minimum Gasteiger partial charge on any atom is -0.312 e. The Balaban J connectivity index is 3.84. The molecule has 0 saturated carbocycles. The van der Waals surface area contributed by atoms with Gasteiger partial charge in [-0.2, -0.15) is 0 Å². The summed E-state index contributed by atoms with van der Waals surface area (Å²) >= 11 is 0. The first-order valence-corrected chi connectivity index (χ1v) is 3.27. The van der Waals surface area contributed by atoms with E-state index in [1.165, 1.54) is 0 Å². The standard InChI is InChI=1S/C2H6N2O2S/c3-1-2-7(4,5)6/h1,3H,2H2,(H2,4,5,6). The maximum Gasteiger partial charge on any atom is 0.214 e. The minimum atomic E-state index is -3.42. The maximum absolute atomic E-state index is 9.86. The van der Waals surface area contributed by atoms with Crippen molar-refractivity contribution in [3.8, 4) is 0 Å². The van der Waals surface area contributed by atoms with Crippen LogP contribution >= 0.6 is 0 Å². The van der Waals surface area contributed by atoms with Gasteiger partial charge in [-0.15, -0.1) is 0 Å². The van der Waals surface area contributed by atoms with Crippen LogP contribution in [0.5, 0.6) is 0 Å². The monoisotopic (exact) mass is 122 g/mol. The smallest absolute Gasteiger partial charge is 0.214 e. The highest BCUT2D eigenvalue weighted by Gasteiger charge is 1.94. The Bertz CT molecular complexity index is 147. The van der Waals surface area contributed by atoms with Crippen molar-refractivity contribution in [2.75, 3.05) is 5.75 Å². The summed E-state index contributed by atoms with van der Waals surface area (Å²) in [7, 11) is -3.42. The molecule has 0 aromatic carbocycles. The lowest BCUT2D eigenvalue weighted by Crippen LogP contribution is -2.16. The van der Waals surface area contributed by atoms with Gasteiger partial charge in [-0.05, 0) is 0 Å². The van der Waals surface area contributed by atoms with Gasteiger partial charge in [0.2, 0.25) is 10.0 Å². The highest BCUT2D eigenvalue weighted by Crippen LogP contribution is 1.67. The highest BCUT2D eigenvalue weighted by atomic mass is 32.2. The number of nitrogens with one attached hydrogen (secondary N) is 1. The Morgan fingerprint density at radius 3 is 2.14 bits per heavy atom. The molecule has 42 valence electrons. The van der Waals surface area contributed by atoms with Gasteiger partial charge in [-0.25, -0.2) is 13.6 Å². The molecule has 0 unspecified atom stereocenters. The molecule has 0 bridgehead atoms. The van der Waals surface area contributed by atoms with Crippen LogP contribution in [0.15, 0.2) is 0 Å². The molecule has 3 N–H and O–H groups in total. The second-order valence-electron chi connectivity index (χ2n) is 1.03. The minimum absolute atomic E-state index is 0.368. The summed E-state index contributed by atoms with van der Waals surface area (Å²) < 4.78 is 19.7. The van der Waals surface area contributed by atoms with E-state index in [1.807, 2.05) is 0 Å². The van der Waals surface area contributed by atoms with Gasteiger partial charge >= 0.3 is 0 Å². The van der Waals surface area contributed by atoms with Crippen molar-refractivity contribution in [2.24, 2.45) is 5.14 Å². The van der Waals surface area contributed by atoms with Crippen LogP contribution in [0, 0.1) is 5.41 Å². The van der Waals surface area contributed by atoms with Gasteiger partial charge in [-0.1, -0.05) is 0 Å². The third-order valence-electron chi connectivity index (χ3n) is 0.316. The zero-order chi connectivity index (χ0) is 5.91. The Labute approximate surface area is 41.9 Å². The largest absolute Gasteiger partial charge is 0.312 e. The van der Waals surface area contributed by atoms with E-state index >= 15 is 0 Å². The number of primary sulfonamides is 1. The Hall–Kier alpha value is -0.420. The van der Waals surface area contributed by atoms with Crippen molar-refractivity contribution in [2.45, 2.75) is 0 Å². The summed E-state index contributed by atoms with van der Waals surface area (Å²) in [5, 5.41) is 10.7. The molecule has 0 rings (SSSR count). The van der Waals surface area contributed by atoms with Gasteiger partial charge in [0.15, 0.2) is 0 Å². The molecule has 0 saturated heterocycles. The molecule has 4 nitrogen and oxygen atoms in total. The average Bonchev–Trinajstić information content (AvgIpc) is 1.30. The zero-order valence-electron chi connectivity index (χ0n) is 3.59. The predicted octanol–water partition coefficient (Wildman–Crippen LogP) is -1.08. The number of rotatable bonds is 2. The topological polar surface area (TPSA) is 84.0 Å². The maximum atomic E-state index is 9.86. The molecule has 0 heterocycles. The predicted molar refractivity (Wildman–Crippen MR) is 26.8 cm³/mol. The number of hydrogen-bond donors (Lipinski definition) is 2.